The number of para-hydroxylation sites is 1. The first-order valence-electron chi connectivity index (χ1n) is 8.11. The van der Waals surface area contributed by atoms with E-state index in [0.717, 1.165) is 30.3 Å². The van der Waals surface area contributed by atoms with Crippen molar-refractivity contribution in [3.8, 4) is 5.69 Å². The average Bonchev–Trinajstić information content (AvgIpc) is 3.29. The first-order chi connectivity index (χ1) is 11.7. The second kappa shape index (κ2) is 6.18. The molecule has 1 fully saturated rings. The molecule has 1 saturated heterocycles. The van der Waals surface area contributed by atoms with Crippen LogP contribution < -0.4 is 5.73 Å². The SMILES string of the molecule is Cn1cnc([C@@H]2CN(Cc3ncn(-c4ccccc4)n3)C[C@H]2N)c1. The van der Waals surface area contributed by atoms with Crippen molar-refractivity contribution in [2.45, 2.75) is 18.5 Å². The molecule has 0 spiro atoms. The Kier molecular flexibility index (Phi) is 3.87. The summed E-state index contributed by atoms with van der Waals surface area (Å²) >= 11 is 0. The maximum Gasteiger partial charge on any atom is 0.164 e. The van der Waals surface area contributed by atoms with Crippen molar-refractivity contribution in [2.75, 3.05) is 13.1 Å². The monoisotopic (exact) mass is 323 g/mol. The van der Waals surface area contributed by atoms with Crippen LogP contribution in [0.15, 0.2) is 49.2 Å². The lowest BCUT2D eigenvalue weighted by molar-refractivity contribution is 0.315. The van der Waals surface area contributed by atoms with Crippen LogP contribution in [0.3, 0.4) is 0 Å². The van der Waals surface area contributed by atoms with Gasteiger partial charge in [0.2, 0.25) is 0 Å². The summed E-state index contributed by atoms with van der Waals surface area (Å²) in [5.74, 6) is 1.08. The largest absolute Gasteiger partial charge is 0.340 e. The van der Waals surface area contributed by atoms with Gasteiger partial charge >= 0.3 is 0 Å². The van der Waals surface area contributed by atoms with Crippen LogP contribution in [0.25, 0.3) is 5.69 Å². The van der Waals surface area contributed by atoms with E-state index in [-0.39, 0.29) is 12.0 Å². The molecule has 1 aliphatic heterocycles. The third kappa shape index (κ3) is 2.95. The molecule has 0 amide bonds. The summed E-state index contributed by atoms with van der Waals surface area (Å²) in [4.78, 5) is 11.2. The highest BCUT2D eigenvalue weighted by Crippen LogP contribution is 2.25. The number of nitrogens with zero attached hydrogens (tertiary/aromatic N) is 6. The molecule has 124 valence electrons. The molecule has 7 heteroatoms. The molecule has 4 rings (SSSR count). The Balaban J connectivity index is 1.44. The van der Waals surface area contributed by atoms with Crippen molar-refractivity contribution in [1.82, 2.24) is 29.2 Å². The number of rotatable bonds is 4. The summed E-state index contributed by atoms with van der Waals surface area (Å²) < 4.78 is 3.77. The van der Waals surface area contributed by atoms with Gasteiger partial charge in [-0.2, -0.15) is 0 Å². The smallest absolute Gasteiger partial charge is 0.164 e. The number of imidazole rings is 1. The van der Waals surface area contributed by atoms with E-state index >= 15 is 0 Å². The highest BCUT2D eigenvalue weighted by Gasteiger charge is 2.33. The molecule has 3 heterocycles. The number of aryl methyl sites for hydroxylation is 1. The maximum absolute atomic E-state index is 6.32. The van der Waals surface area contributed by atoms with Crippen LogP contribution in [-0.2, 0) is 13.6 Å². The molecule has 24 heavy (non-hydrogen) atoms. The zero-order valence-corrected chi connectivity index (χ0v) is 13.7. The molecule has 0 bridgehead atoms. The highest BCUT2D eigenvalue weighted by atomic mass is 15.3. The maximum atomic E-state index is 6.32. The second-order valence-corrected chi connectivity index (χ2v) is 6.37. The molecule has 0 unspecified atom stereocenters. The normalized spacial score (nSPS) is 21.4. The van der Waals surface area contributed by atoms with Crippen molar-refractivity contribution < 1.29 is 0 Å². The number of hydrogen-bond donors (Lipinski definition) is 1. The van der Waals surface area contributed by atoms with Gasteiger partial charge in [0.1, 0.15) is 6.33 Å². The van der Waals surface area contributed by atoms with Gasteiger partial charge in [-0.3, -0.25) is 4.90 Å². The Morgan fingerprint density at radius 2 is 1.96 bits per heavy atom. The number of likely N-dealkylation sites (tertiary alicyclic amines) is 1. The minimum absolute atomic E-state index is 0.0936. The van der Waals surface area contributed by atoms with Crippen LogP contribution in [-0.4, -0.2) is 48.3 Å². The summed E-state index contributed by atoms with van der Waals surface area (Å²) in [6.45, 7) is 2.43. The van der Waals surface area contributed by atoms with E-state index in [1.165, 1.54) is 0 Å². The molecule has 2 aromatic heterocycles. The fourth-order valence-corrected chi connectivity index (χ4v) is 3.25. The van der Waals surface area contributed by atoms with Crippen molar-refractivity contribution in [3.05, 3.63) is 60.7 Å². The van der Waals surface area contributed by atoms with Gasteiger partial charge in [-0.15, -0.1) is 5.10 Å². The number of hydrogen-bond acceptors (Lipinski definition) is 5. The van der Waals surface area contributed by atoms with Gasteiger partial charge in [-0.05, 0) is 12.1 Å². The van der Waals surface area contributed by atoms with Gasteiger partial charge in [0.05, 0.1) is 24.3 Å². The van der Waals surface area contributed by atoms with Crippen molar-refractivity contribution >= 4 is 0 Å². The molecule has 2 atom stereocenters. The lowest BCUT2D eigenvalue weighted by Crippen LogP contribution is -2.29. The Morgan fingerprint density at radius 1 is 1.12 bits per heavy atom. The number of benzene rings is 1. The molecular weight excluding hydrogens is 302 g/mol. The van der Waals surface area contributed by atoms with E-state index in [9.17, 15) is 0 Å². The fraction of sp³-hybridized carbons (Fsp3) is 0.353. The predicted molar refractivity (Wildman–Crippen MR) is 90.6 cm³/mol. The minimum atomic E-state index is 0.0936. The van der Waals surface area contributed by atoms with E-state index in [2.05, 4.69) is 26.2 Å². The zero-order valence-electron chi connectivity index (χ0n) is 13.7. The topological polar surface area (TPSA) is 77.8 Å². The van der Waals surface area contributed by atoms with Crippen molar-refractivity contribution in [2.24, 2.45) is 12.8 Å². The van der Waals surface area contributed by atoms with Crippen molar-refractivity contribution in [1.29, 1.82) is 0 Å². The van der Waals surface area contributed by atoms with Gasteiger partial charge in [0.15, 0.2) is 5.82 Å². The van der Waals surface area contributed by atoms with E-state index in [0.29, 0.717) is 6.54 Å². The summed E-state index contributed by atoms with van der Waals surface area (Å²) in [6, 6.07) is 10.1. The fourth-order valence-electron chi connectivity index (χ4n) is 3.25. The first kappa shape index (κ1) is 15.0. The van der Waals surface area contributed by atoms with E-state index in [1.807, 2.05) is 53.0 Å². The minimum Gasteiger partial charge on any atom is -0.340 e. The lowest BCUT2D eigenvalue weighted by Gasteiger charge is -2.12. The Labute approximate surface area is 140 Å². The second-order valence-electron chi connectivity index (χ2n) is 6.37. The molecule has 3 aromatic rings. The summed E-state index contributed by atoms with van der Waals surface area (Å²) in [7, 11) is 1.98. The number of aromatic nitrogens is 5. The van der Waals surface area contributed by atoms with Gasteiger partial charge in [-0.25, -0.2) is 14.6 Å². The van der Waals surface area contributed by atoms with Crippen LogP contribution >= 0.6 is 0 Å². The quantitative estimate of drug-likeness (QED) is 0.773. The Hall–Kier alpha value is -2.51. The molecule has 0 saturated carbocycles. The summed E-state index contributed by atoms with van der Waals surface area (Å²) in [5, 5.41) is 4.57. The van der Waals surface area contributed by atoms with Crippen LogP contribution in [0.2, 0.25) is 0 Å². The Bertz CT molecular complexity index is 807. The van der Waals surface area contributed by atoms with Gasteiger partial charge in [0, 0.05) is 38.3 Å². The highest BCUT2D eigenvalue weighted by molar-refractivity contribution is 5.29. The lowest BCUT2D eigenvalue weighted by atomic mass is 10.0. The van der Waals surface area contributed by atoms with Crippen LogP contribution in [0, 0.1) is 0 Å². The third-order valence-corrected chi connectivity index (χ3v) is 4.47. The first-order valence-corrected chi connectivity index (χ1v) is 8.11. The third-order valence-electron chi connectivity index (χ3n) is 4.47. The molecule has 0 aliphatic carbocycles. The number of nitrogens with two attached hydrogens (primary N) is 1. The van der Waals surface area contributed by atoms with E-state index < -0.39 is 0 Å². The van der Waals surface area contributed by atoms with Gasteiger partial charge in [0.25, 0.3) is 0 Å². The zero-order chi connectivity index (χ0) is 16.5. The standard InChI is InChI=1S/C17H21N7/c1-22-9-16(19-11-22)14-7-23(8-15(14)18)10-17-20-12-24(21-17)13-5-3-2-4-6-13/h2-6,9,11-12,14-15H,7-8,10,18H2,1H3/t14-,15-/m1/s1. The summed E-state index contributed by atoms with van der Waals surface area (Å²) in [6.07, 6.45) is 5.64. The molecule has 7 nitrogen and oxygen atoms in total. The molecule has 1 aliphatic rings. The van der Waals surface area contributed by atoms with Crippen LogP contribution in [0.1, 0.15) is 17.4 Å². The van der Waals surface area contributed by atoms with Crippen LogP contribution in [0.4, 0.5) is 0 Å². The van der Waals surface area contributed by atoms with Gasteiger partial charge in [-0.1, -0.05) is 18.2 Å². The van der Waals surface area contributed by atoms with Crippen LogP contribution in [0.5, 0.6) is 0 Å². The van der Waals surface area contributed by atoms with E-state index in [1.54, 1.807) is 6.33 Å². The Morgan fingerprint density at radius 3 is 2.71 bits per heavy atom. The van der Waals surface area contributed by atoms with E-state index in [4.69, 9.17) is 5.73 Å². The van der Waals surface area contributed by atoms with Gasteiger partial charge < -0.3 is 10.3 Å². The molecule has 2 N–H and O–H groups in total. The average molecular weight is 323 g/mol. The summed E-state index contributed by atoms with van der Waals surface area (Å²) in [5.41, 5.74) is 8.40. The molecule has 0 radical (unpaired) electrons. The predicted octanol–water partition coefficient (Wildman–Crippen LogP) is 0.927. The van der Waals surface area contributed by atoms with Crippen molar-refractivity contribution in [3.63, 3.8) is 0 Å². The molecular formula is C17H21N7. The molecule has 1 aromatic carbocycles.